The number of primary sulfonamides is 1. The summed E-state index contributed by atoms with van der Waals surface area (Å²) in [5, 5.41) is 15.4. The molecule has 3 saturated carbocycles. The minimum atomic E-state index is -4.01. The van der Waals surface area contributed by atoms with Gasteiger partial charge >= 0.3 is 5.97 Å². The molecule has 34 heavy (non-hydrogen) atoms. The Kier molecular flexibility index (Phi) is 5.67. The highest BCUT2D eigenvalue weighted by Gasteiger charge is 2.59. The molecule has 5 unspecified atom stereocenters. The number of hydrogen-bond donors (Lipinski definition) is 2. The fraction of sp³-hybridized carbons (Fsp3) is 0.615. The number of rotatable bonds is 3. The molecule has 0 heterocycles. The lowest BCUT2D eigenvalue weighted by Gasteiger charge is -2.55. The van der Waals surface area contributed by atoms with Gasteiger partial charge in [-0.1, -0.05) is 19.4 Å². The molecule has 7 atom stereocenters. The molecular weight excluding hydrogens is 454 g/mol. The summed E-state index contributed by atoms with van der Waals surface area (Å²) in [5.41, 5.74) is 1.00. The molecule has 0 saturated heterocycles. The number of ketones is 1. The predicted octanol–water partition coefficient (Wildman–Crippen LogP) is 3.95. The molecule has 4 aliphatic carbocycles. The summed E-state index contributed by atoms with van der Waals surface area (Å²) in [5.74, 6) is 1.75. The van der Waals surface area contributed by atoms with Gasteiger partial charge in [0.15, 0.2) is 5.78 Å². The van der Waals surface area contributed by atoms with E-state index in [1.807, 2.05) is 6.08 Å². The number of esters is 1. The van der Waals surface area contributed by atoms with Crippen molar-refractivity contribution in [1.82, 2.24) is 0 Å². The highest BCUT2D eigenvalue weighted by molar-refractivity contribution is 7.89. The largest absolute Gasteiger partial charge is 0.507 e. The lowest BCUT2D eigenvalue weighted by Crippen LogP contribution is -2.50. The van der Waals surface area contributed by atoms with Crippen LogP contribution in [0.2, 0.25) is 0 Å². The van der Waals surface area contributed by atoms with E-state index in [0.29, 0.717) is 36.0 Å². The second-order valence-corrected chi connectivity index (χ2v) is 12.7. The van der Waals surface area contributed by atoms with Crippen molar-refractivity contribution in [2.45, 2.75) is 69.8 Å². The number of carbonyl (C=O) groups is 2. The third kappa shape index (κ3) is 3.79. The van der Waals surface area contributed by atoms with E-state index in [1.54, 1.807) is 0 Å². The third-order valence-corrected chi connectivity index (χ3v) is 10.2. The average Bonchev–Trinajstić information content (AvgIpc) is 3.08. The van der Waals surface area contributed by atoms with E-state index in [9.17, 15) is 23.1 Å². The van der Waals surface area contributed by atoms with Gasteiger partial charge < -0.3 is 9.84 Å². The Balaban J connectivity index is 1.37. The molecule has 8 heteroatoms. The van der Waals surface area contributed by atoms with Gasteiger partial charge in [-0.15, -0.1) is 0 Å². The van der Waals surface area contributed by atoms with Crippen LogP contribution in [0.4, 0.5) is 0 Å². The fourth-order valence-corrected chi connectivity index (χ4v) is 8.32. The number of sulfonamides is 1. The Hall–Kier alpha value is -2.19. The first-order chi connectivity index (χ1) is 16.0. The van der Waals surface area contributed by atoms with Crippen LogP contribution in [0.3, 0.4) is 0 Å². The molecule has 1 aromatic rings. The number of fused-ring (bicyclic) bond motifs is 5. The van der Waals surface area contributed by atoms with Crippen molar-refractivity contribution in [3.63, 3.8) is 0 Å². The molecule has 0 spiro atoms. The molecule has 3 fully saturated rings. The van der Waals surface area contributed by atoms with Crippen LogP contribution < -0.4 is 5.14 Å². The fourth-order valence-electron chi connectivity index (χ4n) is 7.78. The highest BCUT2D eigenvalue weighted by atomic mass is 32.2. The monoisotopic (exact) mass is 487 g/mol. The Morgan fingerprint density at radius 3 is 2.71 bits per heavy atom. The van der Waals surface area contributed by atoms with E-state index >= 15 is 0 Å². The zero-order chi connectivity index (χ0) is 24.4. The summed E-state index contributed by atoms with van der Waals surface area (Å²) in [7, 11) is -4.01. The van der Waals surface area contributed by atoms with Gasteiger partial charge in [0.1, 0.15) is 17.4 Å². The SMILES string of the molecule is CC1CC2=CC(=O)CCC2C2CC[C@@]3(C)C(CC[C@@H]3OC(=O)c3cc(S(N)(=O)=O)ccc3O)C12. The maximum atomic E-state index is 13.0. The Labute approximate surface area is 200 Å². The van der Waals surface area contributed by atoms with Crippen LogP contribution in [0.5, 0.6) is 5.75 Å². The average molecular weight is 488 g/mol. The number of phenolic OH excluding ortho intramolecular Hbond substituents is 1. The van der Waals surface area contributed by atoms with Crippen molar-refractivity contribution in [3.8, 4) is 5.75 Å². The number of carbonyl (C=O) groups excluding carboxylic acids is 2. The first-order valence-electron chi connectivity index (χ1n) is 12.3. The van der Waals surface area contributed by atoms with Gasteiger partial charge in [-0.05, 0) is 92.4 Å². The first kappa shape index (κ1) is 23.5. The molecule has 5 rings (SSSR count). The first-order valence-corrected chi connectivity index (χ1v) is 13.8. The number of allylic oxidation sites excluding steroid dienone is 1. The van der Waals surface area contributed by atoms with Crippen LogP contribution in [0.1, 0.15) is 69.2 Å². The number of nitrogens with two attached hydrogens (primary N) is 1. The van der Waals surface area contributed by atoms with Crippen LogP contribution in [0, 0.1) is 35.0 Å². The normalized spacial score (nSPS) is 37.3. The lowest BCUT2D eigenvalue weighted by atomic mass is 9.49. The van der Waals surface area contributed by atoms with Crippen molar-refractivity contribution in [2.75, 3.05) is 0 Å². The zero-order valence-electron chi connectivity index (χ0n) is 19.7. The standard InChI is InChI=1S/C26H33NO6S/c1-14-11-15-12-16(28)3-5-18(15)19-9-10-26(2)21(24(14)19)6-8-23(26)33-25(30)20-13-17(34(27,31)32)4-7-22(20)29/h4,7,12-14,18-19,21,23-24,29H,3,5-6,8-11H2,1-2H3,(H2,27,31,32)/t14?,18?,19?,21?,23-,24?,26-/m0/s1. The van der Waals surface area contributed by atoms with Crippen LogP contribution in [-0.4, -0.2) is 31.4 Å². The number of hydrogen-bond acceptors (Lipinski definition) is 6. The van der Waals surface area contributed by atoms with E-state index < -0.39 is 16.0 Å². The van der Waals surface area contributed by atoms with Crippen molar-refractivity contribution in [2.24, 2.45) is 40.1 Å². The molecule has 0 aliphatic heterocycles. The summed E-state index contributed by atoms with van der Waals surface area (Å²) in [6.45, 7) is 4.53. The zero-order valence-corrected chi connectivity index (χ0v) is 20.5. The van der Waals surface area contributed by atoms with Crippen LogP contribution in [0.15, 0.2) is 34.7 Å². The van der Waals surface area contributed by atoms with Gasteiger partial charge in [-0.2, -0.15) is 0 Å². The molecule has 0 radical (unpaired) electrons. The Bertz CT molecular complexity index is 1170. The van der Waals surface area contributed by atoms with Crippen LogP contribution in [-0.2, 0) is 19.6 Å². The maximum Gasteiger partial charge on any atom is 0.342 e. The summed E-state index contributed by atoms with van der Waals surface area (Å²) in [6.07, 6.45) is 7.94. The number of benzene rings is 1. The molecule has 4 aliphatic rings. The molecule has 0 amide bonds. The van der Waals surface area contributed by atoms with Crippen molar-refractivity contribution in [1.29, 1.82) is 0 Å². The van der Waals surface area contributed by atoms with Gasteiger partial charge in [0.25, 0.3) is 0 Å². The van der Waals surface area contributed by atoms with E-state index in [2.05, 4.69) is 13.8 Å². The van der Waals surface area contributed by atoms with Gasteiger partial charge in [-0.3, -0.25) is 4.79 Å². The molecule has 0 aromatic heterocycles. The second-order valence-electron chi connectivity index (χ2n) is 11.1. The molecule has 7 nitrogen and oxygen atoms in total. The molecule has 184 valence electrons. The van der Waals surface area contributed by atoms with Gasteiger partial charge in [-0.25, -0.2) is 18.4 Å². The number of ether oxygens (including phenoxy) is 1. The van der Waals surface area contributed by atoms with Crippen molar-refractivity contribution >= 4 is 21.8 Å². The minimum absolute atomic E-state index is 0.163. The lowest BCUT2D eigenvalue weighted by molar-refractivity contribution is -0.116. The maximum absolute atomic E-state index is 13.0. The minimum Gasteiger partial charge on any atom is -0.507 e. The third-order valence-electron chi connectivity index (χ3n) is 9.32. The van der Waals surface area contributed by atoms with Gasteiger partial charge in [0.2, 0.25) is 10.0 Å². The summed E-state index contributed by atoms with van der Waals surface area (Å²) >= 11 is 0. The Morgan fingerprint density at radius 2 is 1.97 bits per heavy atom. The Morgan fingerprint density at radius 1 is 1.21 bits per heavy atom. The van der Waals surface area contributed by atoms with Crippen molar-refractivity contribution in [3.05, 3.63) is 35.4 Å². The number of phenols is 1. The predicted molar refractivity (Wildman–Crippen MR) is 125 cm³/mol. The topological polar surface area (TPSA) is 124 Å². The molecule has 3 N–H and O–H groups in total. The highest BCUT2D eigenvalue weighted by Crippen LogP contribution is 2.63. The van der Waals surface area contributed by atoms with Crippen LogP contribution in [0.25, 0.3) is 0 Å². The van der Waals surface area contributed by atoms with Gasteiger partial charge in [0, 0.05) is 11.8 Å². The van der Waals surface area contributed by atoms with E-state index in [-0.39, 0.29) is 33.5 Å². The van der Waals surface area contributed by atoms with Gasteiger partial charge in [0.05, 0.1) is 4.90 Å². The van der Waals surface area contributed by atoms with E-state index in [4.69, 9.17) is 9.88 Å². The quantitative estimate of drug-likeness (QED) is 0.622. The summed E-state index contributed by atoms with van der Waals surface area (Å²) in [6, 6.07) is 3.41. The molecule has 0 bridgehead atoms. The van der Waals surface area contributed by atoms with Crippen molar-refractivity contribution < 1.29 is 27.9 Å². The van der Waals surface area contributed by atoms with E-state index in [1.165, 1.54) is 11.6 Å². The summed E-state index contributed by atoms with van der Waals surface area (Å²) < 4.78 is 29.4. The number of aromatic hydroxyl groups is 1. The molecular formula is C26H33NO6S. The summed E-state index contributed by atoms with van der Waals surface area (Å²) in [4.78, 5) is 24.8. The van der Waals surface area contributed by atoms with E-state index in [0.717, 1.165) is 50.7 Å². The second kappa shape index (κ2) is 8.19. The molecule has 1 aromatic carbocycles. The smallest absolute Gasteiger partial charge is 0.342 e. The van der Waals surface area contributed by atoms with Crippen LogP contribution >= 0.6 is 0 Å².